The summed E-state index contributed by atoms with van der Waals surface area (Å²) in [6, 6.07) is 19.9. The van der Waals surface area contributed by atoms with E-state index in [1.165, 1.54) is 12.1 Å². The standard InChI is InChI=1S/C27H25FN4OS/c1-18-17-34-27(29-18)30-23-7-2-5-20(15-23)26(33)32-14-4-6-21(16-32)25-9-3-8-24(31-25)19-10-12-22(28)13-11-19/h2-3,5,7-13,15,17,21H,4,6,14,16H2,1H3,(H,29,30)/t21-/m0/s1. The molecule has 1 aliphatic rings. The van der Waals surface area contributed by atoms with Crippen molar-refractivity contribution in [2.75, 3.05) is 18.4 Å². The topological polar surface area (TPSA) is 58.1 Å². The number of aryl methyl sites for hydroxylation is 1. The molecule has 4 aromatic rings. The van der Waals surface area contributed by atoms with Gasteiger partial charge in [-0.2, -0.15) is 0 Å². The molecule has 0 bridgehead atoms. The van der Waals surface area contributed by atoms with E-state index in [2.05, 4.69) is 10.3 Å². The molecule has 0 spiro atoms. The van der Waals surface area contributed by atoms with Crippen molar-refractivity contribution in [3.63, 3.8) is 0 Å². The van der Waals surface area contributed by atoms with Gasteiger partial charge in [-0.05, 0) is 74.4 Å². The molecule has 172 valence electrons. The van der Waals surface area contributed by atoms with Crippen molar-refractivity contribution >= 4 is 28.1 Å². The van der Waals surface area contributed by atoms with Gasteiger partial charge in [-0.3, -0.25) is 9.78 Å². The van der Waals surface area contributed by atoms with Crippen molar-refractivity contribution in [3.8, 4) is 11.3 Å². The molecule has 2 aromatic heterocycles. The molecule has 0 saturated carbocycles. The molecular weight excluding hydrogens is 447 g/mol. The van der Waals surface area contributed by atoms with E-state index in [-0.39, 0.29) is 17.6 Å². The Labute approximate surface area is 202 Å². The Bertz CT molecular complexity index is 1300. The van der Waals surface area contributed by atoms with Crippen LogP contribution in [0.4, 0.5) is 15.2 Å². The van der Waals surface area contributed by atoms with E-state index in [9.17, 15) is 9.18 Å². The van der Waals surface area contributed by atoms with E-state index in [0.717, 1.165) is 52.9 Å². The van der Waals surface area contributed by atoms with Crippen LogP contribution in [0.2, 0.25) is 0 Å². The van der Waals surface area contributed by atoms with E-state index in [1.807, 2.05) is 59.7 Å². The van der Waals surface area contributed by atoms with Crippen LogP contribution in [-0.4, -0.2) is 33.9 Å². The number of hydrogen-bond donors (Lipinski definition) is 1. The number of aromatic nitrogens is 2. The molecule has 1 saturated heterocycles. The first-order valence-corrected chi connectivity index (χ1v) is 12.2. The average Bonchev–Trinajstić information content (AvgIpc) is 3.28. The highest BCUT2D eigenvalue weighted by Crippen LogP contribution is 2.29. The lowest BCUT2D eigenvalue weighted by Crippen LogP contribution is -2.39. The van der Waals surface area contributed by atoms with Crippen molar-refractivity contribution in [1.82, 2.24) is 14.9 Å². The number of amides is 1. The van der Waals surface area contributed by atoms with Crippen molar-refractivity contribution in [3.05, 3.63) is 94.9 Å². The number of likely N-dealkylation sites (tertiary alicyclic amines) is 1. The maximum Gasteiger partial charge on any atom is 0.253 e. The minimum Gasteiger partial charge on any atom is -0.338 e. The van der Waals surface area contributed by atoms with Gasteiger partial charge in [-0.25, -0.2) is 9.37 Å². The molecule has 5 nitrogen and oxygen atoms in total. The Morgan fingerprint density at radius 1 is 1.09 bits per heavy atom. The van der Waals surface area contributed by atoms with E-state index in [0.29, 0.717) is 12.1 Å². The summed E-state index contributed by atoms with van der Waals surface area (Å²) in [5.74, 6) is -0.0709. The summed E-state index contributed by atoms with van der Waals surface area (Å²) in [6.45, 7) is 3.32. The highest BCUT2D eigenvalue weighted by atomic mass is 32.1. The van der Waals surface area contributed by atoms with Gasteiger partial charge in [-0.15, -0.1) is 11.3 Å². The molecule has 1 N–H and O–H groups in total. The van der Waals surface area contributed by atoms with Crippen LogP contribution < -0.4 is 5.32 Å². The number of nitrogens with zero attached hydrogens (tertiary/aromatic N) is 3. The number of hydrogen-bond acceptors (Lipinski definition) is 5. The smallest absolute Gasteiger partial charge is 0.253 e. The molecule has 1 atom stereocenters. The zero-order chi connectivity index (χ0) is 23.5. The number of halogens is 1. The van der Waals surface area contributed by atoms with Gasteiger partial charge in [-0.1, -0.05) is 12.1 Å². The molecule has 0 unspecified atom stereocenters. The molecule has 1 aliphatic heterocycles. The fraction of sp³-hybridized carbons (Fsp3) is 0.222. The third-order valence-corrected chi connectivity index (χ3v) is 6.89. The Balaban J connectivity index is 1.31. The van der Waals surface area contributed by atoms with Crippen molar-refractivity contribution in [1.29, 1.82) is 0 Å². The number of anilines is 2. The molecular formula is C27H25FN4OS. The summed E-state index contributed by atoms with van der Waals surface area (Å²) in [5.41, 5.74) is 5.14. The van der Waals surface area contributed by atoms with Gasteiger partial charge in [0.1, 0.15) is 5.82 Å². The second-order valence-electron chi connectivity index (χ2n) is 8.54. The number of thiazole rings is 1. The lowest BCUT2D eigenvalue weighted by Gasteiger charge is -2.32. The van der Waals surface area contributed by atoms with Crippen LogP contribution in [0.1, 0.15) is 40.5 Å². The molecule has 7 heteroatoms. The SMILES string of the molecule is Cc1csc(Nc2cccc(C(=O)N3CCC[C@H](c4cccc(-c5ccc(F)cc5)n4)C3)c2)n1. The Morgan fingerprint density at radius 3 is 2.71 bits per heavy atom. The molecule has 3 heterocycles. The van der Waals surface area contributed by atoms with Gasteiger partial charge in [0, 0.05) is 46.9 Å². The lowest BCUT2D eigenvalue weighted by molar-refractivity contribution is 0.0706. The maximum atomic E-state index is 13.3. The van der Waals surface area contributed by atoms with Crippen LogP contribution in [-0.2, 0) is 0 Å². The Morgan fingerprint density at radius 2 is 1.91 bits per heavy atom. The molecule has 2 aromatic carbocycles. The second-order valence-corrected chi connectivity index (χ2v) is 9.40. The highest BCUT2D eigenvalue weighted by Gasteiger charge is 2.26. The fourth-order valence-corrected chi connectivity index (χ4v) is 5.02. The monoisotopic (exact) mass is 472 g/mol. The van der Waals surface area contributed by atoms with E-state index < -0.39 is 0 Å². The van der Waals surface area contributed by atoms with E-state index in [4.69, 9.17) is 4.98 Å². The van der Waals surface area contributed by atoms with Gasteiger partial charge in [0.15, 0.2) is 5.13 Å². The number of piperidine rings is 1. The normalized spacial score (nSPS) is 15.8. The Hall–Kier alpha value is -3.58. The van der Waals surface area contributed by atoms with Gasteiger partial charge >= 0.3 is 0 Å². The predicted molar refractivity (Wildman–Crippen MR) is 134 cm³/mol. The number of carbonyl (C=O) groups excluding carboxylic acids is 1. The second kappa shape index (κ2) is 9.73. The summed E-state index contributed by atoms with van der Waals surface area (Å²) in [7, 11) is 0. The Kier molecular flexibility index (Phi) is 6.36. The van der Waals surface area contributed by atoms with Gasteiger partial charge in [0.2, 0.25) is 0 Å². The van der Waals surface area contributed by atoms with Crippen molar-refractivity contribution < 1.29 is 9.18 Å². The minimum atomic E-state index is -0.262. The zero-order valence-electron chi connectivity index (χ0n) is 18.9. The number of nitrogens with one attached hydrogen (secondary N) is 1. The van der Waals surface area contributed by atoms with E-state index >= 15 is 0 Å². The van der Waals surface area contributed by atoms with Gasteiger partial charge < -0.3 is 10.2 Å². The number of pyridine rings is 1. The average molecular weight is 473 g/mol. The number of rotatable bonds is 5. The minimum absolute atomic E-state index is 0.0263. The van der Waals surface area contributed by atoms with Crippen LogP contribution in [0, 0.1) is 12.7 Å². The summed E-state index contributed by atoms with van der Waals surface area (Å²) in [5, 5.41) is 6.09. The third kappa shape index (κ3) is 4.99. The van der Waals surface area contributed by atoms with Gasteiger partial charge in [0.05, 0.1) is 11.4 Å². The summed E-state index contributed by atoms with van der Waals surface area (Å²) in [4.78, 5) is 24.5. The molecule has 5 rings (SSSR count). The van der Waals surface area contributed by atoms with Crippen molar-refractivity contribution in [2.24, 2.45) is 0 Å². The summed E-state index contributed by atoms with van der Waals surface area (Å²) < 4.78 is 13.3. The van der Waals surface area contributed by atoms with Crippen LogP contribution in [0.25, 0.3) is 11.3 Å². The molecule has 0 radical (unpaired) electrons. The predicted octanol–water partition coefficient (Wildman–Crippen LogP) is 6.42. The molecule has 1 fully saturated rings. The first-order chi connectivity index (χ1) is 16.5. The first-order valence-electron chi connectivity index (χ1n) is 11.4. The fourth-order valence-electron chi connectivity index (χ4n) is 4.31. The summed E-state index contributed by atoms with van der Waals surface area (Å²) >= 11 is 1.54. The maximum absolute atomic E-state index is 13.3. The largest absolute Gasteiger partial charge is 0.338 e. The first kappa shape index (κ1) is 22.2. The third-order valence-electron chi connectivity index (χ3n) is 6.02. The van der Waals surface area contributed by atoms with E-state index in [1.54, 1.807) is 23.5 Å². The molecule has 34 heavy (non-hydrogen) atoms. The van der Waals surface area contributed by atoms with Crippen LogP contribution in [0.3, 0.4) is 0 Å². The molecule has 0 aliphatic carbocycles. The van der Waals surface area contributed by atoms with Crippen LogP contribution in [0.15, 0.2) is 72.1 Å². The van der Waals surface area contributed by atoms with Gasteiger partial charge in [0.25, 0.3) is 5.91 Å². The quantitative estimate of drug-likeness (QED) is 0.364. The zero-order valence-corrected chi connectivity index (χ0v) is 19.7. The lowest BCUT2D eigenvalue weighted by atomic mass is 9.93. The number of carbonyl (C=O) groups is 1. The van der Waals surface area contributed by atoms with Crippen LogP contribution in [0.5, 0.6) is 0 Å². The summed E-state index contributed by atoms with van der Waals surface area (Å²) in [6.07, 6.45) is 1.91. The highest BCUT2D eigenvalue weighted by molar-refractivity contribution is 7.13. The molecule has 1 amide bonds. The van der Waals surface area contributed by atoms with Crippen molar-refractivity contribution in [2.45, 2.75) is 25.7 Å². The van der Waals surface area contributed by atoms with Crippen LogP contribution >= 0.6 is 11.3 Å². The number of benzene rings is 2.